The predicted octanol–water partition coefficient (Wildman–Crippen LogP) is 2.57. The fraction of sp³-hybridized carbons (Fsp3) is 0.385. The standard InChI is InChI=1S/C13H17NO3S/c1-9(2)10-4-3-5-11(6-10)14-12(15)7-18-8-13(16)17/h3-6,9H,7-8H2,1-2H3,(H,14,15)(H,16,17). The minimum absolute atomic E-state index is 0.0561. The van der Waals surface area contributed by atoms with Crippen molar-refractivity contribution in [2.24, 2.45) is 0 Å². The number of benzene rings is 1. The molecule has 0 aliphatic heterocycles. The van der Waals surface area contributed by atoms with Crippen molar-refractivity contribution >= 4 is 29.3 Å². The largest absolute Gasteiger partial charge is 0.481 e. The topological polar surface area (TPSA) is 66.4 Å². The van der Waals surface area contributed by atoms with E-state index in [1.54, 1.807) is 0 Å². The Morgan fingerprint density at radius 1 is 1.33 bits per heavy atom. The minimum atomic E-state index is -0.908. The Labute approximate surface area is 111 Å². The van der Waals surface area contributed by atoms with E-state index in [2.05, 4.69) is 19.2 Å². The van der Waals surface area contributed by atoms with E-state index in [1.807, 2.05) is 24.3 Å². The Balaban J connectivity index is 2.49. The average Bonchev–Trinajstić information content (AvgIpc) is 2.28. The van der Waals surface area contributed by atoms with E-state index in [-0.39, 0.29) is 17.4 Å². The molecule has 4 nitrogen and oxygen atoms in total. The monoisotopic (exact) mass is 267 g/mol. The number of anilines is 1. The molecule has 0 aliphatic carbocycles. The van der Waals surface area contributed by atoms with Gasteiger partial charge in [-0.1, -0.05) is 26.0 Å². The first-order valence-electron chi connectivity index (χ1n) is 5.68. The van der Waals surface area contributed by atoms with E-state index < -0.39 is 5.97 Å². The Morgan fingerprint density at radius 2 is 2.06 bits per heavy atom. The summed E-state index contributed by atoms with van der Waals surface area (Å²) in [6, 6.07) is 7.67. The molecule has 1 aromatic rings. The third-order valence-electron chi connectivity index (χ3n) is 2.30. The van der Waals surface area contributed by atoms with Gasteiger partial charge in [0.1, 0.15) is 0 Å². The summed E-state index contributed by atoms with van der Waals surface area (Å²) in [4.78, 5) is 21.9. The summed E-state index contributed by atoms with van der Waals surface area (Å²) in [6.07, 6.45) is 0. The lowest BCUT2D eigenvalue weighted by atomic mass is 10.0. The maximum atomic E-state index is 11.6. The number of thioether (sulfide) groups is 1. The first-order chi connectivity index (χ1) is 8.49. The molecule has 5 heteroatoms. The van der Waals surface area contributed by atoms with Crippen molar-refractivity contribution in [3.05, 3.63) is 29.8 Å². The van der Waals surface area contributed by atoms with E-state index in [4.69, 9.17) is 5.11 Å². The summed E-state index contributed by atoms with van der Waals surface area (Å²) >= 11 is 1.09. The van der Waals surface area contributed by atoms with Crippen molar-refractivity contribution < 1.29 is 14.7 Å². The molecule has 0 heterocycles. The van der Waals surface area contributed by atoms with Gasteiger partial charge in [0.25, 0.3) is 0 Å². The van der Waals surface area contributed by atoms with Crippen LogP contribution in [0.2, 0.25) is 0 Å². The lowest BCUT2D eigenvalue weighted by Gasteiger charge is -2.09. The summed E-state index contributed by atoms with van der Waals surface area (Å²) in [5, 5.41) is 11.2. The number of carboxylic acids is 1. The van der Waals surface area contributed by atoms with Gasteiger partial charge in [0, 0.05) is 5.69 Å². The van der Waals surface area contributed by atoms with Crippen LogP contribution in [-0.2, 0) is 9.59 Å². The molecule has 0 saturated carbocycles. The number of nitrogens with one attached hydrogen (secondary N) is 1. The predicted molar refractivity (Wildman–Crippen MR) is 74.1 cm³/mol. The fourth-order valence-electron chi connectivity index (χ4n) is 1.40. The SMILES string of the molecule is CC(C)c1cccc(NC(=O)CSCC(=O)O)c1. The van der Waals surface area contributed by atoms with E-state index in [9.17, 15) is 9.59 Å². The molecule has 0 spiro atoms. The molecule has 98 valence electrons. The van der Waals surface area contributed by atoms with E-state index in [0.29, 0.717) is 5.92 Å². The van der Waals surface area contributed by atoms with Crippen LogP contribution in [-0.4, -0.2) is 28.5 Å². The number of rotatable bonds is 6. The molecule has 1 aromatic carbocycles. The van der Waals surface area contributed by atoms with Crippen molar-refractivity contribution in [2.45, 2.75) is 19.8 Å². The van der Waals surface area contributed by atoms with Crippen molar-refractivity contribution in [1.29, 1.82) is 0 Å². The summed E-state index contributed by atoms with van der Waals surface area (Å²) in [5.74, 6) is -0.586. The second-order valence-electron chi connectivity index (χ2n) is 4.21. The zero-order valence-electron chi connectivity index (χ0n) is 10.5. The molecular weight excluding hydrogens is 250 g/mol. The van der Waals surface area contributed by atoms with E-state index in [0.717, 1.165) is 23.0 Å². The van der Waals surface area contributed by atoms with Crippen molar-refractivity contribution in [3.8, 4) is 0 Å². The smallest absolute Gasteiger partial charge is 0.313 e. The minimum Gasteiger partial charge on any atom is -0.481 e. The number of aliphatic carboxylic acids is 1. The molecule has 1 rings (SSSR count). The first-order valence-corrected chi connectivity index (χ1v) is 6.84. The molecule has 2 N–H and O–H groups in total. The van der Waals surface area contributed by atoms with Gasteiger partial charge in [-0.2, -0.15) is 0 Å². The highest BCUT2D eigenvalue weighted by Gasteiger charge is 2.06. The average molecular weight is 267 g/mol. The van der Waals surface area contributed by atoms with Gasteiger partial charge in [0.05, 0.1) is 11.5 Å². The molecular formula is C13H17NO3S. The van der Waals surface area contributed by atoms with Crippen LogP contribution in [0.25, 0.3) is 0 Å². The third-order valence-corrected chi connectivity index (χ3v) is 3.21. The number of carboxylic acid groups (broad SMARTS) is 1. The summed E-state index contributed by atoms with van der Waals surface area (Å²) in [5.41, 5.74) is 1.91. The van der Waals surface area contributed by atoms with Gasteiger partial charge in [0.2, 0.25) is 5.91 Å². The van der Waals surface area contributed by atoms with Crippen molar-refractivity contribution in [2.75, 3.05) is 16.8 Å². The van der Waals surface area contributed by atoms with Crippen LogP contribution in [0.4, 0.5) is 5.69 Å². The third kappa shape index (κ3) is 5.23. The Hall–Kier alpha value is -1.49. The molecule has 0 atom stereocenters. The molecule has 0 unspecified atom stereocenters. The summed E-state index contributed by atoms with van der Waals surface area (Å²) < 4.78 is 0. The quantitative estimate of drug-likeness (QED) is 0.831. The number of hydrogen-bond donors (Lipinski definition) is 2. The maximum Gasteiger partial charge on any atom is 0.313 e. The zero-order valence-corrected chi connectivity index (χ0v) is 11.3. The molecule has 0 fully saturated rings. The molecule has 1 amide bonds. The van der Waals surface area contributed by atoms with Crippen molar-refractivity contribution in [1.82, 2.24) is 0 Å². The molecule has 0 saturated heterocycles. The van der Waals surface area contributed by atoms with Gasteiger partial charge in [-0.3, -0.25) is 9.59 Å². The van der Waals surface area contributed by atoms with Gasteiger partial charge in [0.15, 0.2) is 0 Å². The number of carbonyl (C=O) groups is 2. The van der Waals surface area contributed by atoms with Gasteiger partial charge < -0.3 is 10.4 Å². The highest BCUT2D eigenvalue weighted by Crippen LogP contribution is 2.18. The van der Waals surface area contributed by atoms with Crippen molar-refractivity contribution in [3.63, 3.8) is 0 Å². The van der Waals surface area contributed by atoms with Crippen LogP contribution in [0.15, 0.2) is 24.3 Å². The van der Waals surface area contributed by atoms with Gasteiger partial charge in [-0.25, -0.2) is 0 Å². The number of hydrogen-bond acceptors (Lipinski definition) is 3. The number of carbonyl (C=O) groups excluding carboxylic acids is 1. The second kappa shape index (κ2) is 7.06. The highest BCUT2D eigenvalue weighted by atomic mass is 32.2. The van der Waals surface area contributed by atoms with Crippen LogP contribution in [0.3, 0.4) is 0 Å². The lowest BCUT2D eigenvalue weighted by molar-refractivity contribution is -0.133. The fourth-order valence-corrected chi connectivity index (χ4v) is 1.94. The Kier molecular flexibility index (Phi) is 5.71. The lowest BCUT2D eigenvalue weighted by Crippen LogP contribution is -2.15. The summed E-state index contributed by atoms with van der Waals surface area (Å²) in [7, 11) is 0. The molecule has 18 heavy (non-hydrogen) atoms. The van der Waals surface area contributed by atoms with E-state index in [1.165, 1.54) is 0 Å². The van der Waals surface area contributed by atoms with Gasteiger partial charge in [-0.05, 0) is 23.6 Å². The first kappa shape index (κ1) is 14.6. The number of amides is 1. The van der Waals surface area contributed by atoms with Crippen LogP contribution in [0.1, 0.15) is 25.3 Å². The molecule has 0 bridgehead atoms. The molecule has 0 aliphatic rings. The van der Waals surface area contributed by atoms with Crippen LogP contribution < -0.4 is 5.32 Å². The normalized spacial score (nSPS) is 10.4. The maximum absolute atomic E-state index is 11.6. The second-order valence-corrected chi connectivity index (χ2v) is 5.20. The highest BCUT2D eigenvalue weighted by molar-refractivity contribution is 8.00. The van der Waals surface area contributed by atoms with Gasteiger partial charge in [-0.15, -0.1) is 11.8 Å². The summed E-state index contributed by atoms with van der Waals surface area (Å²) in [6.45, 7) is 4.17. The molecule has 0 aromatic heterocycles. The zero-order chi connectivity index (χ0) is 13.5. The van der Waals surface area contributed by atoms with Gasteiger partial charge >= 0.3 is 5.97 Å². The van der Waals surface area contributed by atoms with E-state index >= 15 is 0 Å². The van der Waals surface area contributed by atoms with Crippen LogP contribution >= 0.6 is 11.8 Å². The van der Waals surface area contributed by atoms with Crippen LogP contribution in [0.5, 0.6) is 0 Å². The Bertz CT molecular complexity index is 432. The Morgan fingerprint density at radius 3 is 2.67 bits per heavy atom. The molecule has 0 radical (unpaired) electrons. The van der Waals surface area contributed by atoms with Crippen LogP contribution in [0, 0.1) is 0 Å².